The summed E-state index contributed by atoms with van der Waals surface area (Å²) in [5, 5.41) is 0. The molecule has 0 saturated carbocycles. The average Bonchev–Trinajstić information content (AvgIpc) is 2.39. The normalized spacial score (nSPS) is 29.7. The van der Waals surface area contributed by atoms with Crippen LogP contribution in [0.25, 0.3) is 0 Å². The van der Waals surface area contributed by atoms with Gasteiger partial charge in [0.15, 0.2) is 5.78 Å². The minimum absolute atomic E-state index is 0.148. The molecular formula is C16H18O2. The molecule has 1 aromatic carbocycles. The zero-order chi connectivity index (χ0) is 12.8. The van der Waals surface area contributed by atoms with Crippen molar-refractivity contribution < 1.29 is 9.53 Å². The molecule has 0 spiro atoms. The number of aryl methyl sites for hydroxylation is 1. The van der Waals surface area contributed by atoms with E-state index < -0.39 is 0 Å². The van der Waals surface area contributed by atoms with E-state index in [1.54, 1.807) is 13.2 Å². The van der Waals surface area contributed by atoms with E-state index in [4.69, 9.17) is 4.74 Å². The van der Waals surface area contributed by atoms with Crippen LogP contribution in [0.4, 0.5) is 0 Å². The molecule has 94 valence electrons. The summed E-state index contributed by atoms with van der Waals surface area (Å²) in [7, 11) is 1.70. The molecular weight excluding hydrogens is 224 g/mol. The van der Waals surface area contributed by atoms with E-state index >= 15 is 0 Å². The summed E-state index contributed by atoms with van der Waals surface area (Å²) in [6.07, 6.45) is 6.72. The highest BCUT2D eigenvalue weighted by molar-refractivity contribution is 5.91. The molecule has 2 aliphatic rings. The molecule has 18 heavy (non-hydrogen) atoms. The maximum absolute atomic E-state index is 11.7. The molecule has 0 saturated heterocycles. The Morgan fingerprint density at radius 2 is 2.22 bits per heavy atom. The van der Waals surface area contributed by atoms with Gasteiger partial charge in [-0.15, -0.1) is 0 Å². The number of allylic oxidation sites excluding steroid dienone is 2. The van der Waals surface area contributed by atoms with Crippen LogP contribution in [0.3, 0.4) is 0 Å². The van der Waals surface area contributed by atoms with Gasteiger partial charge in [0.05, 0.1) is 7.11 Å². The zero-order valence-corrected chi connectivity index (χ0v) is 10.9. The van der Waals surface area contributed by atoms with Gasteiger partial charge in [0.2, 0.25) is 0 Å². The number of rotatable bonds is 1. The van der Waals surface area contributed by atoms with E-state index in [0.717, 1.165) is 18.6 Å². The second kappa shape index (κ2) is 3.98. The van der Waals surface area contributed by atoms with Crippen LogP contribution < -0.4 is 4.74 Å². The molecule has 2 aliphatic carbocycles. The minimum atomic E-state index is 0.148. The Hall–Kier alpha value is -1.57. The van der Waals surface area contributed by atoms with E-state index in [0.29, 0.717) is 12.3 Å². The highest BCUT2D eigenvalue weighted by atomic mass is 16.5. The maximum Gasteiger partial charge on any atom is 0.156 e. The minimum Gasteiger partial charge on any atom is -0.497 e. The summed E-state index contributed by atoms with van der Waals surface area (Å²) in [5.74, 6) is 1.50. The van der Waals surface area contributed by atoms with Crippen molar-refractivity contribution in [3.05, 3.63) is 41.5 Å². The predicted molar refractivity (Wildman–Crippen MR) is 70.9 cm³/mol. The molecule has 1 aromatic rings. The second-order valence-electron chi connectivity index (χ2n) is 5.63. The Kier molecular flexibility index (Phi) is 2.54. The third kappa shape index (κ3) is 1.67. The number of carbonyl (C=O) groups is 1. The Labute approximate surface area is 108 Å². The van der Waals surface area contributed by atoms with Crippen molar-refractivity contribution >= 4 is 5.78 Å². The van der Waals surface area contributed by atoms with E-state index in [2.05, 4.69) is 25.1 Å². The van der Waals surface area contributed by atoms with Crippen molar-refractivity contribution in [3.63, 3.8) is 0 Å². The first-order chi connectivity index (χ1) is 8.62. The van der Waals surface area contributed by atoms with Crippen molar-refractivity contribution in [2.24, 2.45) is 5.41 Å². The molecule has 0 radical (unpaired) electrons. The lowest BCUT2D eigenvalue weighted by atomic mass is 9.61. The van der Waals surface area contributed by atoms with Crippen LogP contribution in [0, 0.1) is 5.41 Å². The third-order valence-corrected chi connectivity index (χ3v) is 4.51. The van der Waals surface area contributed by atoms with E-state index in [1.807, 2.05) is 6.07 Å². The summed E-state index contributed by atoms with van der Waals surface area (Å²) in [4.78, 5) is 11.7. The largest absolute Gasteiger partial charge is 0.497 e. The van der Waals surface area contributed by atoms with Crippen LogP contribution in [0.2, 0.25) is 0 Å². The van der Waals surface area contributed by atoms with Gasteiger partial charge in [0.25, 0.3) is 0 Å². The summed E-state index contributed by atoms with van der Waals surface area (Å²) in [5.41, 5.74) is 2.83. The van der Waals surface area contributed by atoms with Gasteiger partial charge in [-0.3, -0.25) is 4.79 Å². The number of hydrogen-bond donors (Lipinski definition) is 0. The lowest BCUT2D eigenvalue weighted by Gasteiger charge is -2.42. The zero-order valence-electron chi connectivity index (χ0n) is 10.9. The van der Waals surface area contributed by atoms with Crippen molar-refractivity contribution in [2.75, 3.05) is 7.11 Å². The fraction of sp³-hybridized carbons (Fsp3) is 0.438. The van der Waals surface area contributed by atoms with Crippen LogP contribution in [0.5, 0.6) is 5.75 Å². The predicted octanol–water partition coefficient (Wildman–Crippen LogP) is 3.26. The van der Waals surface area contributed by atoms with Crippen LogP contribution in [0.1, 0.15) is 36.8 Å². The summed E-state index contributed by atoms with van der Waals surface area (Å²) < 4.78 is 5.28. The number of ether oxygens (including phenoxy) is 1. The lowest BCUT2D eigenvalue weighted by Crippen LogP contribution is -2.33. The van der Waals surface area contributed by atoms with Crippen molar-refractivity contribution in [1.82, 2.24) is 0 Å². The fourth-order valence-electron chi connectivity index (χ4n) is 3.29. The Morgan fingerprint density at radius 1 is 1.39 bits per heavy atom. The van der Waals surface area contributed by atoms with Gasteiger partial charge in [-0.25, -0.2) is 0 Å². The van der Waals surface area contributed by atoms with Crippen LogP contribution in [0.15, 0.2) is 30.4 Å². The van der Waals surface area contributed by atoms with Gasteiger partial charge in [0.1, 0.15) is 5.75 Å². The van der Waals surface area contributed by atoms with Crippen LogP contribution >= 0.6 is 0 Å². The molecule has 0 amide bonds. The van der Waals surface area contributed by atoms with Gasteiger partial charge in [-0.05, 0) is 47.6 Å². The van der Waals surface area contributed by atoms with E-state index in [-0.39, 0.29) is 11.2 Å². The van der Waals surface area contributed by atoms with Gasteiger partial charge in [-0.2, -0.15) is 0 Å². The van der Waals surface area contributed by atoms with Gasteiger partial charge < -0.3 is 4.74 Å². The SMILES string of the molecule is COc1ccc2c(c1)CC[C@@]1(C)C=CC(=O)CC21. The molecule has 0 fully saturated rings. The molecule has 0 N–H and O–H groups in total. The van der Waals surface area contributed by atoms with E-state index in [9.17, 15) is 4.79 Å². The molecule has 0 aromatic heterocycles. The molecule has 2 heteroatoms. The van der Waals surface area contributed by atoms with Crippen molar-refractivity contribution in [2.45, 2.75) is 32.1 Å². The van der Waals surface area contributed by atoms with Gasteiger partial charge in [-0.1, -0.05) is 19.1 Å². The highest BCUT2D eigenvalue weighted by Gasteiger charge is 2.40. The van der Waals surface area contributed by atoms with Crippen molar-refractivity contribution in [3.8, 4) is 5.75 Å². The molecule has 0 bridgehead atoms. The lowest BCUT2D eigenvalue weighted by molar-refractivity contribution is -0.116. The van der Waals surface area contributed by atoms with E-state index in [1.165, 1.54) is 11.1 Å². The monoisotopic (exact) mass is 242 g/mol. The summed E-state index contributed by atoms with van der Waals surface area (Å²) in [6, 6.07) is 6.27. The summed E-state index contributed by atoms with van der Waals surface area (Å²) in [6.45, 7) is 2.27. The standard InChI is InChI=1S/C16H18O2/c1-16-7-5-11-9-13(18-2)3-4-14(11)15(16)10-12(17)6-8-16/h3-4,6,8-9,15H,5,7,10H2,1-2H3/t15?,16-/m0/s1. The average molecular weight is 242 g/mol. The molecule has 1 unspecified atom stereocenters. The van der Waals surface area contributed by atoms with Gasteiger partial charge >= 0.3 is 0 Å². The topological polar surface area (TPSA) is 26.3 Å². The smallest absolute Gasteiger partial charge is 0.156 e. The van der Waals surface area contributed by atoms with Gasteiger partial charge in [0, 0.05) is 12.3 Å². The Bertz CT molecular complexity index is 530. The number of hydrogen-bond acceptors (Lipinski definition) is 2. The maximum atomic E-state index is 11.7. The number of ketones is 1. The molecule has 2 atom stereocenters. The first kappa shape index (κ1) is 11.5. The molecule has 2 nitrogen and oxygen atoms in total. The number of benzene rings is 1. The van der Waals surface area contributed by atoms with Crippen LogP contribution in [-0.2, 0) is 11.2 Å². The number of carbonyl (C=O) groups excluding carboxylic acids is 1. The Balaban J connectivity index is 2.07. The van der Waals surface area contributed by atoms with Crippen molar-refractivity contribution in [1.29, 1.82) is 0 Å². The second-order valence-corrected chi connectivity index (χ2v) is 5.63. The molecule has 0 heterocycles. The first-order valence-corrected chi connectivity index (χ1v) is 6.51. The first-order valence-electron chi connectivity index (χ1n) is 6.51. The summed E-state index contributed by atoms with van der Waals surface area (Å²) >= 11 is 0. The quantitative estimate of drug-likeness (QED) is 0.755. The number of fused-ring (bicyclic) bond motifs is 3. The van der Waals surface area contributed by atoms with Crippen LogP contribution in [-0.4, -0.2) is 12.9 Å². The molecule has 0 aliphatic heterocycles. The highest BCUT2D eigenvalue weighted by Crippen LogP contribution is 2.50. The Morgan fingerprint density at radius 3 is 3.00 bits per heavy atom. The molecule has 3 rings (SSSR count). The fourth-order valence-corrected chi connectivity index (χ4v) is 3.29. The third-order valence-electron chi connectivity index (χ3n) is 4.51. The number of methoxy groups -OCH3 is 1.